The molecule has 5 nitrogen and oxygen atoms in total. The van der Waals surface area contributed by atoms with Crippen LogP contribution in [0, 0.1) is 5.82 Å². The van der Waals surface area contributed by atoms with Crippen LogP contribution in [0.25, 0.3) is 0 Å². The Labute approximate surface area is 159 Å². The fourth-order valence-corrected chi connectivity index (χ4v) is 1.94. The Morgan fingerprint density at radius 2 is 2.04 bits per heavy atom. The molecule has 25 heavy (non-hydrogen) atoms. The molecule has 0 radical (unpaired) electrons. The first-order chi connectivity index (χ1) is 11.2. The van der Waals surface area contributed by atoms with Crippen LogP contribution in [-0.4, -0.2) is 24.5 Å². The molecule has 0 unspecified atom stereocenters. The van der Waals surface area contributed by atoms with Crippen molar-refractivity contribution < 1.29 is 13.9 Å². The number of nitrogens with zero attached hydrogens (tertiary/aromatic N) is 1. The number of ether oxygens (including phenoxy) is 1. The summed E-state index contributed by atoms with van der Waals surface area (Å²) in [5, 5.41) is 5.84. The Kier molecular flexibility index (Phi) is 11.5. The highest BCUT2D eigenvalue weighted by Gasteiger charge is 2.03. The van der Waals surface area contributed by atoms with Crippen LogP contribution in [0.1, 0.15) is 18.4 Å². The van der Waals surface area contributed by atoms with E-state index in [0.29, 0.717) is 24.6 Å². The van der Waals surface area contributed by atoms with Crippen LogP contribution in [0.3, 0.4) is 0 Å². The lowest BCUT2D eigenvalue weighted by Crippen LogP contribution is -2.23. The van der Waals surface area contributed by atoms with Crippen molar-refractivity contribution in [1.29, 1.82) is 0 Å². The van der Waals surface area contributed by atoms with Crippen molar-refractivity contribution in [2.45, 2.75) is 19.4 Å². The molecular formula is C17H22Cl2FN3O2. The van der Waals surface area contributed by atoms with E-state index >= 15 is 0 Å². The number of aromatic nitrogens is 1. The number of halogens is 3. The molecule has 0 aliphatic carbocycles. The van der Waals surface area contributed by atoms with Crippen molar-refractivity contribution >= 4 is 30.7 Å². The van der Waals surface area contributed by atoms with Gasteiger partial charge in [0, 0.05) is 31.3 Å². The van der Waals surface area contributed by atoms with Gasteiger partial charge in [-0.25, -0.2) is 9.37 Å². The van der Waals surface area contributed by atoms with Gasteiger partial charge in [0.25, 0.3) is 0 Å². The lowest BCUT2D eigenvalue weighted by atomic mass is 10.2. The molecule has 138 valence electrons. The second-order valence-electron chi connectivity index (χ2n) is 5.05. The molecule has 1 aromatic heterocycles. The number of benzene rings is 1. The third kappa shape index (κ3) is 8.67. The quantitative estimate of drug-likeness (QED) is 0.678. The van der Waals surface area contributed by atoms with Gasteiger partial charge < -0.3 is 15.4 Å². The number of amides is 1. The molecule has 2 N–H and O–H groups in total. The summed E-state index contributed by atoms with van der Waals surface area (Å²) < 4.78 is 18.5. The zero-order valence-electron chi connectivity index (χ0n) is 13.8. The van der Waals surface area contributed by atoms with Crippen molar-refractivity contribution in [2.75, 3.05) is 13.6 Å². The maximum atomic E-state index is 13.1. The third-order valence-electron chi connectivity index (χ3n) is 3.14. The predicted octanol–water partition coefficient (Wildman–Crippen LogP) is 3.47. The summed E-state index contributed by atoms with van der Waals surface area (Å²) in [6.45, 7) is 1.24. The predicted molar refractivity (Wildman–Crippen MR) is 100 cm³/mol. The second kappa shape index (κ2) is 12.5. The summed E-state index contributed by atoms with van der Waals surface area (Å²) in [5.41, 5.74) is 0.874. The maximum Gasteiger partial charge on any atom is 0.220 e. The van der Waals surface area contributed by atoms with Crippen LogP contribution in [0.4, 0.5) is 4.39 Å². The molecule has 1 aromatic carbocycles. The normalized spacial score (nSPS) is 9.52. The van der Waals surface area contributed by atoms with E-state index in [4.69, 9.17) is 4.74 Å². The van der Waals surface area contributed by atoms with Gasteiger partial charge in [0.05, 0.1) is 0 Å². The summed E-state index contributed by atoms with van der Waals surface area (Å²) >= 11 is 0. The molecule has 0 spiro atoms. The van der Waals surface area contributed by atoms with Crippen LogP contribution in [0.2, 0.25) is 0 Å². The van der Waals surface area contributed by atoms with E-state index < -0.39 is 0 Å². The molecule has 1 amide bonds. The number of carbonyl (C=O) groups excluding carboxylic acids is 1. The Morgan fingerprint density at radius 1 is 1.24 bits per heavy atom. The minimum Gasteiger partial charge on any atom is -0.439 e. The molecule has 0 saturated heterocycles. The van der Waals surface area contributed by atoms with Crippen LogP contribution >= 0.6 is 24.8 Å². The molecule has 0 fully saturated rings. The van der Waals surface area contributed by atoms with Crippen LogP contribution in [-0.2, 0) is 11.3 Å². The lowest BCUT2D eigenvalue weighted by molar-refractivity contribution is -0.121. The molecule has 1 heterocycles. The number of hydrogen-bond acceptors (Lipinski definition) is 4. The third-order valence-corrected chi connectivity index (χ3v) is 3.14. The summed E-state index contributed by atoms with van der Waals surface area (Å²) in [6.07, 6.45) is 2.93. The highest BCUT2D eigenvalue weighted by molar-refractivity contribution is 5.85. The van der Waals surface area contributed by atoms with E-state index in [9.17, 15) is 9.18 Å². The van der Waals surface area contributed by atoms with Gasteiger partial charge in [-0.1, -0.05) is 12.1 Å². The van der Waals surface area contributed by atoms with Crippen molar-refractivity contribution in [3.8, 4) is 11.6 Å². The van der Waals surface area contributed by atoms with Crippen molar-refractivity contribution in [3.63, 3.8) is 0 Å². The van der Waals surface area contributed by atoms with Crippen LogP contribution in [0.5, 0.6) is 11.6 Å². The highest BCUT2D eigenvalue weighted by Crippen LogP contribution is 2.19. The summed E-state index contributed by atoms with van der Waals surface area (Å²) in [7, 11) is 1.86. The number of hydrogen-bond donors (Lipinski definition) is 2. The van der Waals surface area contributed by atoms with Gasteiger partial charge in [-0.05, 0) is 37.7 Å². The average Bonchev–Trinajstić information content (AvgIpc) is 2.54. The van der Waals surface area contributed by atoms with Crippen molar-refractivity contribution in [1.82, 2.24) is 15.6 Å². The fourth-order valence-electron chi connectivity index (χ4n) is 1.94. The fraction of sp³-hybridized carbons (Fsp3) is 0.294. The number of rotatable bonds is 8. The molecule has 0 atom stereocenters. The largest absolute Gasteiger partial charge is 0.439 e. The average molecular weight is 390 g/mol. The molecule has 2 rings (SSSR count). The minimum atomic E-state index is -0.361. The Balaban J connectivity index is 0.00000288. The van der Waals surface area contributed by atoms with Crippen molar-refractivity contribution in [2.24, 2.45) is 0 Å². The SMILES string of the molecule is CNCCCC(=O)NCc1ccc(Oc2cccc(F)c2)nc1.Cl.Cl. The molecular weight excluding hydrogens is 368 g/mol. The standard InChI is InChI=1S/C17H20FN3O2.2ClH/c1-19-9-3-6-16(22)20-11-13-7-8-17(21-12-13)23-15-5-2-4-14(18)10-15;;/h2,4-5,7-8,10,12,19H,3,6,9,11H2,1H3,(H,20,22);2*1H. The number of pyridine rings is 1. The van der Waals surface area contributed by atoms with Gasteiger partial charge in [-0.3, -0.25) is 4.79 Å². The van der Waals surface area contributed by atoms with Gasteiger partial charge in [0.15, 0.2) is 0 Å². The first-order valence-corrected chi connectivity index (χ1v) is 7.47. The minimum absolute atomic E-state index is 0. The van der Waals surface area contributed by atoms with Gasteiger partial charge >= 0.3 is 0 Å². The van der Waals surface area contributed by atoms with E-state index in [0.717, 1.165) is 18.5 Å². The maximum absolute atomic E-state index is 13.1. The summed E-state index contributed by atoms with van der Waals surface area (Å²) in [6, 6.07) is 9.37. The molecule has 2 aromatic rings. The Bertz CT molecular complexity index is 642. The van der Waals surface area contributed by atoms with E-state index in [1.807, 2.05) is 13.1 Å². The monoisotopic (exact) mass is 389 g/mol. The molecule has 0 aliphatic rings. The molecule has 0 aliphatic heterocycles. The van der Waals surface area contributed by atoms with E-state index in [1.165, 1.54) is 12.1 Å². The molecule has 8 heteroatoms. The number of carbonyl (C=O) groups is 1. The zero-order chi connectivity index (χ0) is 16.5. The van der Waals surface area contributed by atoms with E-state index in [2.05, 4.69) is 15.6 Å². The van der Waals surface area contributed by atoms with Gasteiger partial charge in [-0.15, -0.1) is 24.8 Å². The van der Waals surface area contributed by atoms with Crippen molar-refractivity contribution in [3.05, 3.63) is 54.0 Å². The van der Waals surface area contributed by atoms with Gasteiger partial charge in [0.2, 0.25) is 11.8 Å². The second-order valence-corrected chi connectivity index (χ2v) is 5.05. The molecule has 0 bridgehead atoms. The summed E-state index contributed by atoms with van der Waals surface area (Å²) in [4.78, 5) is 15.8. The zero-order valence-corrected chi connectivity index (χ0v) is 15.5. The van der Waals surface area contributed by atoms with Gasteiger partial charge in [0.1, 0.15) is 11.6 Å². The van der Waals surface area contributed by atoms with Crippen LogP contribution in [0.15, 0.2) is 42.6 Å². The van der Waals surface area contributed by atoms with Crippen LogP contribution < -0.4 is 15.4 Å². The van der Waals surface area contributed by atoms with E-state index in [1.54, 1.807) is 24.4 Å². The van der Waals surface area contributed by atoms with E-state index in [-0.39, 0.29) is 36.5 Å². The number of nitrogens with one attached hydrogen (secondary N) is 2. The first-order valence-electron chi connectivity index (χ1n) is 7.47. The first kappa shape index (κ1) is 23.1. The van der Waals surface area contributed by atoms with Gasteiger partial charge in [-0.2, -0.15) is 0 Å². The molecule has 0 saturated carbocycles. The Morgan fingerprint density at radius 3 is 2.68 bits per heavy atom. The summed E-state index contributed by atoms with van der Waals surface area (Å²) in [5.74, 6) is 0.420. The Hall–Kier alpha value is -1.89. The smallest absolute Gasteiger partial charge is 0.220 e. The lowest BCUT2D eigenvalue weighted by Gasteiger charge is -2.07. The topological polar surface area (TPSA) is 63.2 Å². The highest BCUT2D eigenvalue weighted by atomic mass is 35.5.